The summed E-state index contributed by atoms with van der Waals surface area (Å²) in [6.07, 6.45) is 1.73. The summed E-state index contributed by atoms with van der Waals surface area (Å²) in [6, 6.07) is 0. The van der Waals surface area contributed by atoms with E-state index in [-0.39, 0.29) is 24.7 Å². The molecule has 104 valence electrons. The molecule has 1 heterocycles. The molecule has 0 radical (unpaired) electrons. The number of carbonyl (C=O) groups excluding carboxylic acids is 2. The summed E-state index contributed by atoms with van der Waals surface area (Å²) < 4.78 is 0. The van der Waals surface area contributed by atoms with Gasteiger partial charge in [0.15, 0.2) is 0 Å². The molecule has 18 heavy (non-hydrogen) atoms. The molecule has 1 aliphatic rings. The van der Waals surface area contributed by atoms with Crippen molar-refractivity contribution in [2.24, 2.45) is 0 Å². The molecule has 2 amide bonds. The van der Waals surface area contributed by atoms with Crippen molar-refractivity contribution < 1.29 is 14.7 Å². The second-order valence-corrected chi connectivity index (χ2v) is 4.70. The summed E-state index contributed by atoms with van der Waals surface area (Å²) in [5.41, 5.74) is 0. The van der Waals surface area contributed by atoms with Crippen molar-refractivity contribution in [1.29, 1.82) is 0 Å². The molecule has 1 atom stereocenters. The molecule has 5 heteroatoms. The van der Waals surface area contributed by atoms with Gasteiger partial charge in [0.25, 0.3) is 0 Å². The highest BCUT2D eigenvalue weighted by molar-refractivity contribution is 5.83. The number of aliphatic hydroxyl groups excluding tert-OH is 1. The Bertz CT molecular complexity index is 290. The van der Waals surface area contributed by atoms with Gasteiger partial charge in [-0.3, -0.25) is 9.59 Å². The minimum Gasteiger partial charge on any atom is -0.391 e. The maximum absolute atomic E-state index is 11.9. The Kier molecular flexibility index (Phi) is 6.12. The summed E-state index contributed by atoms with van der Waals surface area (Å²) in [5, 5.41) is 9.50. The minimum atomic E-state index is -0.402. The Hall–Kier alpha value is -1.10. The van der Waals surface area contributed by atoms with Crippen LogP contribution in [0, 0.1) is 0 Å². The lowest BCUT2D eigenvalue weighted by Gasteiger charge is -2.30. The molecule has 1 saturated heterocycles. The highest BCUT2D eigenvalue weighted by Crippen LogP contribution is 2.12. The first kappa shape index (κ1) is 15.0. The third kappa shape index (κ3) is 4.29. The van der Waals surface area contributed by atoms with Gasteiger partial charge in [0.05, 0.1) is 6.10 Å². The lowest BCUT2D eigenvalue weighted by molar-refractivity contribution is -0.138. The third-order valence-electron chi connectivity index (χ3n) is 3.42. The van der Waals surface area contributed by atoms with Gasteiger partial charge in [-0.2, -0.15) is 0 Å². The fourth-order valence-corrected chi connectivity index (χ4v) is 2.29. The number of nitrogens with zero attached hydrogens (tertiary/aromatic N) is 2. The normalized spacial score (nSPS) is 19.7. The molecule has 1 fully saturated rings. The zero-order valence-electron chi connectivity index (χ0n) is 11.4. The Morgan fingerprint density at radius 2 is 1.94 bits per heavy atom. The van der Waals surface area contributed by atoms with Gasteiger partial charge in [0, 0.05) is 39.0 Å². The first-order valence-corrected chi connectivity index (χ1v) is 6.82. The molecule has 1 N–H and O–H groups in total. The highest BCUT2D eigenvalue weighted by Gasteiger charge is 2.22. The van der Waals surface area contributed by atoms with Crippen molar-refractivity contribution >= 4 is 11.8 Å². The number of piperidine rings is 1. The number of hydrogen-bond acceptors (Lipinski definition) is 3. The van der Waals surface area contributed by atoms with Gasteiger partial charge in [0.2, 0.25) is 11.8 Å². The van der Waals surface area contributed by atoms with Crippen molar-refractivity contribution in [1.82, 2.24) is 9.80 Å². The van der Waals surface area contributed by atoms with Gasteiger partial charge < -0.3 is 14.9 Å². The minimum absolute atomic E-state index is 0.0192. The van der Waals surface area contributed by atoms with Gasteiger partial charge in [-0.1, -0.05) is 0 Å². The molecule has 0 saturated carbocycles. The number of likely N-dealkylation sites (tertiary alicyclic amines) is 1. The largest absolute Gasteiger partial charge is 0.391 e. The lowest BCUT2D eigenvalue weighted by Crippen LogP contribution is -2.42. The molecule has 1 aliphatic heterocycles. The number of β-amino-alcohol motifs (C(OH)–C–C–N with tert-alkyl or cyclic N) is 1. The summed E-state index contributed by atoms with van der Waals surface area (Å²) >= 11 is 0. The van der Waals surface area contributed by atoms with Crippen LogP contribution in [0.1, 0.15) is 39.5 Å². The predicted molar refractivity (Wildman–Crippen MR) is 69.0 cm³/mol. The second kappa shape index (κ2) is 7.36. The van der Waals surface area contributed by atoms with Gasteiger partial charge in [0.1, 0.15) is 0 Å². The molecule has 0 aromatic heterocycles. The van der Waals surface area contributed by atoms with Crippen LogP contribution in [0.4, 0.5) is 0 Å². The summed E-state index contributed by atoms with van der Waals surface area (Å²) in [7, 11) is 0. The van der Waals surface area contributed by atoms with E-state index in [2.05, 4.69) is 0 Å². The molecule has 0 bridgehead atoms. The van der Waals surface area contributed by atoms with E-state index in [9.17, 15) is 14.7 Å². The number of hydrogen-bond donors (Lipinski definition) is 1. The average molecular weight is 256 g/mol. The topological polar surface area (TPSA) is 60.9 Å². The molecule has 1 unspecified atom stereocenters. The highest BCUT2D eigenvalue weighted by atomic mass is 16.3. The summed E-state index contributed by atoms with van der Waals surface area (Å²) in [5.74, 6) is 0.0140. The standard InChI is InChI=1S/C13H24N2O3/c1-3-14(4-2)12(17)7-8-13(18)15-9-5-6-11(16)10-15/h11,16H,3-10H2,1-2H3. The first-order chi connectivity index (χ1) is 8.58. The van der Waals surface area contributed by atoms with Gasteiger partial charge >= 0.3 is 0 Å². The monoisotopic (exact) mass is 256 g/mol. The van der Waals surface area contributed by atoms with E-state index < -0.39 is 6.10 Å². The van der Waals surface area contributed by atoms with Crippen LogP contribution < -0.4 is 0 Å². The van der Waals surface area contributed by atoms with Crippen LogP contribution >= 0.6 is 0 Å². The van der Waals surface area contributed by atoms with Gasteiger partial charge in [-0.05, 0) is 26.7 Å². The SMILES string of the molecule is CCN(CC)C(=O)CCC(=O)N1CCCC(O)C1. The number of amides is 2. The Morgan fingerprint density at radius 3 is 2.50 bits per heavy atom. The van der Waals surface area contributed by atoms with Crippen LogP contribution in [0.3, 0.4) is 0 Å². The molecule has 0 spiro atoms. The van der Waals surface area contributed by atoms with E-state index in [1.54, 1.807) is 9.80 Å². The van der Waals surface area contributed by atoms with Gasteiger partial charge in [-0.15, -0.1) is 0 Å². The number of aliphatic hydroxyl groups is 1. The Morgan fingerprint density at radius 1 is 1.28 bits per heavy atom. The zero-order chi connectivity index (χ0) is 13.5. The van der Waals surface area contributed by atoms with Crippen molar-refractivity contribution in [3.8, 4) is 0 Å². The quantitative estimate of drug-likeness (QED) is 0.784. The van der Waals surface area contributed by atoms with E-state index >= 15 is 0 Å². The second-order valence-electron chi connectivity index (χ2n) is 4.70. The first-order valence-electron chi connectivity index (χ1n) is 6.82. The molecule has 0 aromatic rings. The van der Waals surface area contributed by atoms with Crippen molar-refractivity contribution in [2.75, 3.05) is 26.2 Å². The zero-order valence-corrected chi connectivity index (χ0v) is 11.4. The van der Waals surface area contributed by atoms with E-state index in [4.69, 9.17) is 0 Å². The van der Waals surface area contributed by atoms with Crippen molar-refractivity contribution in [3.63, 3.8) is 0 Å². The molecular formula is C13H24N2O3. The molecular weight excluding hydrogens is 232 g/mol. The van der Waals surface area contributed by atoms with Crippen LogP contribution in [0.15, 0.2) is 0 Å². The third-order valence-corrected chi connectivity index (χ3v) is 3.42. The van der Waals surface area contributed by atoms with E-state index in [1.807, 2.05) is 13.8 Å². The smallest absolute Gasteiger partial charge is 0.223 e. The fraction of sp³-hybridized carbons (Fsp3) is 0.846. The maximum atomic E-state index is 11.9. The predicted octanol–water partition coefficient (Wildman–Crippen LogP) is 0.618. The van der Waals surface area contributed by atoms with Crippen LogP contribution in [0.25, 0.3) is 0 Å². The van der Waals surface area contributed by atoms with Crippen LogP contribution in [-0.4, -0.2) is 59.0 Å². The van der Waals surface area contributed by atoms with E-state index in [1.165, 1.54) is 0 Å². The lowest BCUT2D eigenvalue weighted by atomic mass is 10.1. The molecule has 0 aliphatic carbocycles. The molecule has 1 rings (SSSR count). The van der Waals surface area contributed by atoms with Crippen LogP contribution in [0.5, 0.6) is 0 Å². The summed E-state index contributed by atoms with van der Waals surface area (Å²) in [6.45, 7) is 6.36. The van der Waals surface area contributed by atoms with E-state index in [0.29, 0.717) is 26.2 Å². The van der Waals surface area contributed by atoms with Crippen molar-refractivity contribution in [2.45, 2.75) is 45.6 Å². The molecule has 0 aromatic carbocycles. The average Bonchev–Trinajstić information content (AvgIpc) is 2.37. The van der Waals surface area contributed by atoms with E-state index in [0.717, 1.165) is 12.8 Å². The maximum Gasteiger partial charge on any atom is 0.223 e. The Balaban J connectivity index is 2.34. The van der Waals surface area contributed by atoms with Crippen LogP contribution in [0.2, 0.25) is 0 Å². The number of rotatable bonds is 5. The van der Waals surface area contributed by atoms with Gasteiger partial charge in [-0.25, -0.2) is 0 Å². The molecule has 5 nitrogen and oxygen atoms in total. The summed E-state index contributed by atoms with van der Waals surface area (Å²) in [4.78, 5) is 27.1. The Labute approximate surface area is 109 Å². The number of carbonyl (C=O) groups is 2. The van der Waals surface area contributed by atoms with Crippen molar-refractivity contribution in [3.05, 3.63) is 0 Å². The fourth-order valence-electron chi connectivity index (χ4n) is 2.29. The van der Waals surface area contributed by atoms with Crippen LogP contribution in [-0.2, 0) is 9.59 Å².